The van der Waals surface area contributed by atoms with E-state index in [-0.39, 0.29) is 0 Å². The summed E-state index contributed by atoms with van der Waals surface area (Å²) in [6.07, 6.45) is 1.77. The first kappa shape index (κ1) is 11.9. The van der Waals surface area contributed by atoms with E-state index in [1.165, 1.54) is 4.90 Å². The highest BCUT2D eigenvalue weighted by Gasteiger charge is 1.95. The highest BCUT2D eigenvalue weighted by atomic mass is 32.2. The highest BCUT2D eigenvalue weighted by Crippen LogP contribution is 2.16. The largest absolute Gasteiger partial charge is 0.369 e. The van der Waals surface area contributed by atoms with Gasteiger partial charge in [0.05, 0.1) is 0 Å². The molecule has 2 rings (SSSR count). The lowest BCUT2D eigenvalue weighted by atomic mass is 10.4. The third kappa shape index (κ3) is 4.07. The monoisotopic (exact) mass is 245 g/mol. The number of benzene rings is 1. The van der Waals surface area contributed by atoms with Gasteiger partial charge in [-0.3, -0.25) is 0 Å². The molecule has 0 spiro atoms. The maximum absolute atomic E-state index is 4.29. The summed E-state index contributed by atoms with van der Waals surface area (Å²) in [6.45, 7) is 2.79. The van der Waals surface area contributed by atoms with Crippen LogP contribution in [0.4, 0.5) is 5.82 Å². The van der Waals surface area contributed by atoms with Crippen LogP contribution in [0.15, 0.2) is 47.5 Å². The number of anilines is 1. The number of aryl methyl sites for hydroxylation is 1. The summed E-state index contributed by atoms with van der Waals surface area (Å²) in [6, 6.07) is 12.3. The normalized spacial score (nSPS) is 10.2. The summed E-state index contributed by atoms with van der Waals surface area (Å²) in [7, 11) is 0. The van der Waals surface area contributed by atoms with Gasteiger partial charge in [-0.2, -0.15) is 0 Å². The molecule has 1 N–H and O–H groups in total. The van der Waals surface area contributed by atoms with Crippen molar-refractivity contribution in [1.29, 1.82) is 0 Å². The Labute approximate surface area is 106 Å². The van der Waals surface area contributed by atoms with Crippen LogP contribution < -0.4 is 5.32 Å². The molecular formula is C13H15N3S. The molecule has 88 valence electrons. The maximum atomic E-state index is 4.29. The van der Waals surface area contributed by atoms with Crippen LogP contribution in [0.25, 0.3) is 0 Å². The molecule has 0 unspecified atom stereocenters. The first-order chi connectivity index (χ1) is 8.34. The second-order valence-corrected chi connectivity index (χ2v) is 4.75. The number of aromatic nitrogens is 2. The molecule has 0 bridgehead atoms. The van der Waals surface area contributed by atoms with E-state index in [0.717, 1.165) is 23.9 Å². The van der Waals surface area contributed by atoms with Gasteiger partial charge in [0.15, 0.2) is 0 Å². The summed E-state index contributed by atoms with van der Waals surface area (Å²) < 4.78 is 0. The molecular weight excluding hydrogens is 230 g/mol. The van der Waals surface area contributed by atoms with E-state index in [2.05, 4.69) is 39.6 Å². The van der Waals surface area contributed by atoms with Gasteiger partial charge >= 0.3 is 0 Å². The molecule has 1 heterocycles. The topological polar surface area (TPSA) is 37.8 Å². The average molecular weight is 245 g/mol. The smallest absolute Gasteiger partial charge is 0.129 e. The van der Waals surface area contributed by atoms with E-state index in [9.17, 15) is 0 Å². The zero-order valence-electron chi connectivity index (χ0n) is 9.76. The van der Waals surface area contributed by atoms with Crippen molar-refractivity contribution in [3.05, 3.63) is 48.4 Å². The van der Waals surface area contributed by atoms with Gasteiger partial charge in [-0.25, -0.2) is 9.97 Å². The Morgan fingerprint density at radius 2 is 2.00 bits per heavy atom. The van der Waals surface area contributed by atoms with Crippen LogP contribution in [0.5, 0.6) is 0 Å². The lowest BCUT2D eigenvalue weighted by Crippen LogP contribution is -2.06. The maximum Gasteiger partial charge on any atom is 0.129 e. The van der Waals surface area contributed by atoms with Gasteiger partial charge < -0.3 is 5.32 Å². The molecule has 4 heteroatoms. The van der Waals surface area contributed by atoms with Crippen molar-refractivity contribution < 1.29 is 0 Å². The molecule has 0 aliphatic heterocycles. The average Bonchev–Trinajstić information content (AvgIpc) is 2.36. The molecule has 0 atom stereocenters. The standard InChI is InChI=1S/C13H15N3S/c1-11-14-8-7-13(16-11)15-9-10-17-12-5-3-2-4-6-12/h2-8H,9-10H2,1H3,(H,14,15,16). The highest BCUT2D eigenvalue weighted by molar-refractivity contribution is 7.99. The van der Waals surface area contributed by atoms with Crippen LogP contribution >= 0.6 is 11.8 Å². The van der Waals surface area contributed by atoms with E-state index >= 15 is 0 Å². The lowest BCUT2D eigenvalue weighted by Gasteiger charge is -2.05. The van der Waals surface area contributed by atoms with Crippen molar-refractivity contribution in [1.82, 2.24) is 9.97 Å². The zero-order valence-corrected chi connectivity index (χ0v) is 10.6. The van der Waals surface area contributed by atoms with E-state index < -0.39 is 0 Å². The molecule has 1 aromatic carbocycles. The van der Waals surface area contributed by atoms with Crippen molar-refractivity contribution >= 4 is 17.6 Å². The summed E-state index contributed by atoms with van der Waals surface area (Å²) in [5.41, 5.74) is 0. The number of nitrogens with one attached hydrogen (secondary N) is 1. The number of hydrogen-bond donors (Lipinski definition) is 1. The first-order valence-electron chi connectivity index (χ1n) is 5.56. The Bertz CT molecular complexity index is 459. The number of hydrogen-bond acceptors (Lipinski definition) is 4. The summed E-state index contributed by atoms with van der Waals surface area (Å²) in [5.74, 6) is 2.71. The molecule has 0 amide bonds. The molecule has 3 nitrogen and oxygen atoms in total. The van der Waals surface area contributed by atoms with Gasteiger partial charge in [-0.15, -0.1) is 11.8 Å². The number of thioether (sulfide) groups is 1. The fourth-order valence-electron chi connectivity index (χ4n) is 1.42. The Morgan fingerprint density at radius 3 is 2.76 bits per heavy atom. The van der Waals surface area contributed by atoms with Crippen molar-refractivity contribution in [2.45, 2.75) is 11.8 Å². The van der Waals surface area contributed by atoms with Gasteiger partial charge in [0.2, 0.25) is 0 Å². The van der Waals surface area contributed by atoms with Crippen LogP contribution in [0, 0.1) is 6.92 Å². The van der Waals surface area contributed by atoms with Gasteiger partial charge in [-0.1, -0.05) is 18.2 Å². The van der Waals surface area contributed by atoms with Crippen LogP contribution in [0.1, 0.15) is 5.82 Å². The fraction of sp³-hybridized carbons (Fsp3) is 0.231. The Balaban J connectivity index is 1.73. The Kier molecular flexibility index (Phi) is 4.38. The van der Waals surface area contributed by atoms with Crippen LogP contribution in [0.2, 0.25) is 0 Å². The second-order valence-electron chi connectivity index (χ2n) is 3.58. The van der Waals surface area contributed by atoms with Crippen molar-refractivity contribution in [3.8, 4) is 0 Å². The van der Waals surface area contributed by atoms with Gasteiger partial charge in [0.1, 0.15) is 11.6 Å². The minimum Gasteiger partial charge on any atom is -0.369 e. The zero-order chi connectivity index (χ0) is 11.9. The fourth-order valence-corrected chi connectivity index (χ4v) is 2.21. The third-order valence-electron chi connectivity index (χ3n) is 2.20. The predicted molar refractivity (Wildman–Crippen MR) is 72.4 cm³/mol. The molecule has 0 saturated carbocycles. The molecule has 0 fully saturated rings. The predicted octanol–water partition coefficient (Wildman–Crippen LogP) is 2.99. The molecule has 1 aromatic heterocycles. The summed E-state index contributed by atoms with van der Waals surface area (Å²) >= 11 is 1.84. The van der Waals surface area contributed by atoms with Crippen molar-refractivity contribution in [3.63, 3.8) is 0 Å². The van der Waals surface area contributed by atoms with Gasteiger partial charge in [-0.05, 0) is 25.1 Å². The molecule has 17 heavy (non-hydrogen) atoms. The molecule has 0 saturated heterocycles. The third-order valence-corrected chi connectivity index (χ3v) is 3.21. The number of nitrogens with zero attached hydrogens (tertiary/aromatic N) is 2. The van der Waals surface area contributed by atoms with E-state index in [1.54, 1.807) is 6.20 Å². The first-order valence-corrected chi connectivity index (χ1v) is 6.54. The van der Waals surface area contributed by atoms with E-state index in [4.69, 9.17) is 0 Å². The van der Waals surface area contributed by atoms with E-state index in [0.29, 0.717) is 0 Å². The minimum absolute atomic E-state index is 0.797. The van der Waals surface area contributed by atoms with Crippen molar-refractivity contribution in [2.24, 2.45) is 0 Å². The summed E-state index contributed by atoms with van der Waals surface area (Å²) in [4.78, 5) is 9.64. The molecule has 0 aliphatic carbocycles. The quantitative estimate of drug-likeness (QED) is 0.649. The molecule has 0 aliphatic rings. The van der Waals surface area contributed by atoms with Gasteiger partial charge in [0.25, 0.3) is 0 Å². The Morgan fingerprint density at radius 1 is 1.18 bits per heavy atom. The number of rotatable bonds is 5. The SMILES string of the molecule is Cc1nccc(NCCSc2ccccc2)n1. The van der Waals surface area contributed by atoms with Gasteiger partial charge in [0, 0.05) is 23.4 Å². The van der Waals surface area contributed by atoms with Crippen LogP contribution in [0.3, 0.4) is 0 Å². The summed E-state index contributed by atoms with van der Waals surface area (Å²) in [5, 5.41) is 3.28. The Hall–Kier alpha value is -1.55. The van der Waals surface area contributed by atoms with E-state index in [1.807, 2.05) is 30.8 Å². The second kappa shape index (κ2) is 6.25. The van der Waals surface area contributed by atoms with Crippen LogP contribution in [-0.2, 0) is 0 Å². The van der Waals surface area contributed by atoms with Crippen LogP contribution in [-0.4, -0.2) is 22.3 Å². The molecule has 0 radical (unpaired) electrons. The molecule has 2 aromatic rings. The van der Waals surface area contributed by atoms with Crippen molar-refractivity contribution in [2.75, 3.05) is 17.6 Å². The lowest BCUT2D eigenvalue weighted by molar-refractivity contribution is 1.04. The minimum atomic E-state index is 0.797.